The Hall–Kier alpha value is -1.56. The van der Waals surface area contributed by atoms with E-state index in [-0.39, 0.29) is 5.95 Å². The van der Waals surface area contributed by atoms with Gasteiger partial charge in [-0.05, 0) is 25.7 Å². The second kappa shape index (κ2) is 6.39. The van der Waals surface area contributed by atoms with E-state index in [0.717, 1.165) is 37.3 Å². The molecule has 100 valence electrons. The van der Waals surface area contributed by atoms with Crippen LogP contribution in [0.3, 0.4) is 0 Å². The lowest BCUT2D eigenvalue weighted by atomic mass is 10.4. The van der Waals surface area contributed by atoms with Crippen LogP contribution in [0.1, 0.15) is 19.8 Å². The molecule has 6 nitrogen and oxygen atoms in total. The Labute approximate surface area is 107 Å². The largest absolute Gasteiger partial charge is 0.379 e. The van der Waals surface area contributed by atoms with Gasteiger partial charge in [0.25, 0.3) is 0 Å². The van der Waals surface area contributed by atoms with Crippen LogP contribution in [0.25, 0.3) is 0 Å². The number of rotatable bonds is 8. The fraction of sp³-hybridized carbons (Fsp3) is 0.667. The van der Waals surface area contributed by atoms with Gasteiger partial charge in [0.2, 0.25) is 5.95 Å². The van der Waals surface area contributed by atoms with E-state index in [4.69, 9.17) is 10.5 Å². The molecular weight excluding hydrogens is 230 g/mol. The first-order valence-corrected chi connectivity index (χ1v) is 6.48. The highest BCUT2D eigenvalue weighted by Gasteiger charge is 2.20. The molecule has 0 aliphatic heterocycles. The van der Waals surface area contributed by atoms with Gasteiger partial charge in [-0.25, -0.2) is 0 Å². The minimum atomic E-state index is 0.273. The van der Waals surface area contributed by atoms with Crippen LogP contribution in [0, 0.1) is 5.92 Å². The summed E-state index contributed by atoms with van der Waals surface area (Å²) in [6.45, 7) is 5.12. The number of hydrogen-bond donors (Lipinski definition) is 3. The van der Waals surface area contributed by atoms with Gasteiger partial charge in [0.15, 0.2) is 0 Å². The Kier molecular flexibility index (Phi) is 4.58. The Morgan fingerprint density at radius 1 is 1.33 bits per heavy atom. The lowest BCUT2D eigenvalue weighted by Crippen LogP contribution is -2.13. The zero-order chi connectivity index (χ0) is 12.8. The van der Waals surface area contributed by atoms with Crippen molar-refractivity contribution in [2.45, 2.75) is 19.8 Å². The zero-order valence-corrected chi connectivity index (χ0v) is 10.8. The lowest BCUT2D eigenvalue weighted by molar-refractivity contribution is 0.134. The molecule has 0 saturated heterocycles. The average molecular weight is 251 g/mol. The number of nitrogen functional groups attached to an aromatic ring is 1. The number of nitrogens with zero attached hydrogens (tertiary/aromatic N) is 2. The Bertz CT molecular complexity index is 381. The molecule has 0 spiro atoms. The minimum Gasteiger partial charge on any atom is -0.379 e. The van der Waals surface area contributed by atoms with Crippen LogP contribution in [0.4, 0.5) is 17.6 Å². The summed E-state index contributed by atoms with van der Waals surface area (Å²) in [7, 11) is 0. The first-order valence-electron chi connectivity index (χ1n) is 6.48. The van der Waals surface area contributed by atoms with E-state index < -0.39 is 0 Å². The van der Waals surface area contributed by atoms with E-state index in [0.29, 0.717) is 6.61 Å². The molecule has 1 aliphatic carbocycles. The second-order valence-electron chi connectivity index (χ2n) is 4.47. The number of nitrogens with two attached hydrogens (primary N) is 1. The fourth-order valence-electron chi connectivity index (χ4n) is 1.61. The third kappa shape index (κ3) is 4.37. The molecule has 0 bridgehead atoms. The molecule has 1 heterocycles. The number of nitrogens with one attached hydrogen (secondary N) is 2. The van der Waals surface area contributed by atoms with Crippen molar-refractivity contribution in [2.24, 2.45) is 5.92 Å². The van der Waals surface area contributed by atoms with Gasteiger partial charge in [0, 0.05) is 25.8 Å². The van der Waals surface area contributed by atoms with Crippen molar-refractivity contribution in [3.8, 4) is 0 Å². The zero-order valence-electron chi connectivity index (χ0n) is 10.8. The first kappa shape index (κ1) is 12.9. The fourth-order valence-corrected chi connectivity index (χ4v) is 1.61. The lowest BCUT2D eigenvalue weighted by Gasteiger charge is -2.09. The van der Waals surface area contributed by atoms with E-state index in [1.807, 2.05) is 13.0 Å². The van der Waals surface area contributed by atoms with Crippen molar-refractivity contribution >= 4 is 17.6 Å². The maximum Gasteiger partial charge on any atom is 0.223 e. The van der Waals surface area contributed by atoms with E-state index >= 15 is 0 Å². The number of anilines is 3. The van der Waals surface area contributed by atoms with Gasteiger partial charge in [-0.3, -0.25) is 0 Å². The summed E-state index contributed by atoms with van der Waals surface area (Å²) < 4.78 is 5.53. The molecular formula is C12H21N5O. The van der Waals surface area contributed by atoms with Crippen LogP contribution in [0.2, 0.25) is 0 Å². The molecule has 18 heavy (non-hydrogen) atoms. The average Bonchev–Trinajstić information content (AvgIpc) is 3.12. The summed E-state index contributed by atoms with van der Waals surface area (Å²) in [5.41, 5.74) is 5.63. The van der Waals surface area contributed by atoms with E-state index in [2.05, 4.69) is 20.6 Å². The summed E-state index contributed by atoms with van der Waals surface area (Å²) in [4.78, 5) is 8.20. The molecule has 0 radical (unpaired) electrons. The molecule has 4 N–H and O–H groups in total. The van der Waals surface area contributed by atoms with Crippen LogP contribution in [-0.4, -0.2) is 36.3 Å². The first-order chi connectivity index (χ1) is 8.78. The Morgan fingerprint density at radius 3 is 2.72 bits per heavy atom. The van der Waals surface area contributed by atoms with Gasteiger partial charge in [-0.15, -0.1) is 0 Å². The summed E-state index contributed by atoms with van der Waals surface area (Å²) in [6, 6.07) is 1.85. The maximum absolute atomic E-state index is 5.63. The predicted octanol–water partition coefficient (Wildman–Crippen LogP) is 1.33. The molecule has 1 aliphatic rings. The van der Waals surface area contributed by atoms with Crippen LogP contribution < -0.4 is 16.4 Å². The SMILES string of the molecule is CCNc1cc(NCCOCC2CC2)nc(N)n1. The second-order valence-corrected chi connectivity index (χ2v) is 4.47. The summed E-state index contributed by atoms with van der Waals surface area (Å²) in [5.74, 6) is 2.55. The molecule has 0 unspecified atom stereocenters. The molecule has 6 heteroatoms. The van der Waals surface area contributed by atoms with Crippen molar-refractivity contribution in [3.63, 3.8) is 0 Å². The standard InChI is InChI=1S/C12H21N5O/c1-2-14-10-7-11(17-12(13)16-10)15-5-6-18-8-9-3-4-9/h7,9H,2-6,8H2,1H3,(H4,13,14,15,16,17). The van der Waals surface area contributed by atoms with Crippen molar-refractivity contribution in [3.05, 3.63) is 6.07 Å². The Morgan fingerprint density at radius 2 is 2.06 bits per heavy atom. The monoisotopic (exact) mass is 251 g/mol. The van der Waals surface area contributed by atoms with Gasteiger partial charge >= 0.3 is 0 Å². The number of hydrogen-bond acceptors (Lipinski definition) is 6. The highest BCUT2D eigenvalue weighted by atomic mass is 16.5. The predicted molar refractivity (Wildman–Crippen MR) is 72.6 cm³/mol. The molecule has 2 rings (SSSR count). The van der Waals surface area contributed by atoms with Crippen molar-refractivity contribution in [1.82, 2.24) is 9.97 Å². The van der Waals surface area contributed by atoms with E-state index in [9.17, 15) is 0 Å². The highest BCUT2D eigenvalue weighted by Crippen LogP contribution is 2.28. The molecule has 0 atom stereocenters. The summed E-state index contributed by atoms with van der Waals surface area (Å²) >= 11 is 0. The molecule has 1 aromatic heterocycles. The highest BCUT2D eigenvalue weighted by molar-refractivity contribution is 5.50. The molecule has 1 fully saturated rings. The summed E-state index contributed by atoms with van der Waals surface area (Å²) in [6.07, 6.45) is 2.64. The third-order valence-corrected chi connectivity index (χ3v) is 2.70. The van der Waals surface area contributed by atoms with Gasteiger partial charge in [-0.2, -0.15) is 9.97 Å². The van der Waals surface area contributed by atoms with Crippen molar-refractivity contribution in [2.75, 3.05) is 42.7 Å². The van der Waals surface area contributed by atoms with Crippen molar-refractivity contribution < 1.29 is 4.74 Å². The van der Waals surface area contributed by atoms with Gasteiger partial charge < -0.3 is 21.1 Å². The number of aromatic nitrogens is 2. The topological polar surface area (TPSA) is 85.1 Å². The van der Waals surface area contributed by atoms with E-state index in [1.165, 1.54) is 12.8 Å². The van der Waals surface area contributed by atoms with Crippen LogP contribution in [-0.2, 0) is 4.74 Å². The van der Waals surface area contributed by atoms with Crippen LogP contribution in [0.5, 0.6) is 0 Å². The van der Waals surface area contributed by atoms with E-state index in [1.54, 1.807) is 0 Å². The summed E-state index contributed by atoms with van der Waals surface area (Å²) in [5, 5.41) is 6.29. The molecule has 1 saturated carbocycles. The quantitative estimate of drug-likeness (QED) is 0.604. The van der Waals surface area contributed by atoms with Gasteiger partial charge in [-0.1, -0.05) is 0 Å². The Balaban J connectivity index is 1.72. The molecule has 1 aromatic rings. The molecule has 0 aromatic carbocycles. The van der Waals surface area contributed by atoms with Gasteiger partial charge in [0.05, 0.1) is 6.61 Å². The number of ether oxygens (including phenoxy) is 1. The smallest absolute Gasteiger partial charge is 0.223 e. The third-order valence-electron chi connectivity index (χ3n) is 2.70. The van der Waals surface area contributed by atoms with Crippen LogP contribution >= 0.6 is 0 Å². The maximum atomic E-state index is 5.63. The van der Waals surface area contributed by atoms with Crippen molar-refractivity contribution in [1.29, 1.82) is 0 Å². The van der Waals surface area contributed by atoms with Gasteiger partial charge in [0.1, 0.15) is 11.6 Å². The van der Waals surface area contributed by atoms with Crippen LogP contribution in [0.15, 0.2) is 6.07 Å². The minimum absolute atomic E-state index is 0.273. The molecule has 0 amide bonds. The normalized spacial score (nSPS) is 14.5.